The second kappa shape index (κ2) is 5.87. The topological polar surface area (TPSA) is 56.5 Å². The Labute approximate surface area is 114 Å². The normalized spacial score (nSPS) is 12.5. The van der Waals surface area contributed by atoms with Gasteiger partial charge in [0.1, 0.15) is 17.5 Å². The Morgan fingerprint density at radius 1 is 1.25 bits per heavy atom. The number of ether oxygens (including phenoxy) is 2. The first-order valence-electron chi connectivity index (χ1n) is 5.81. The van der Waals surface area contributed by atoms with Gasteiger partial charge < -0.3 is 14.6 Å². The highest BCUT2D eigenvalue weighted by Gasteiger charge is 2.20. The highest BCUT2D eigenvalue weighted by atomic mass is 19.3. The molecule has 0 saturated carbocycles. The Bertz CT molecular complexity index is 569. The van der Waals surface area contributed by atoms with Gasteiger partial charge in [-0.15, -0.1) is 0 Å². The van der Waals surface area contributed by atoms with Gasteiger partial charge in [0.05, 0.1) is 13.3 Å². The van der Waals surface area contributed by atoms with Crippen molar-refractivity contribution < 1.29 is 23.4 Å². The number of halogens is 2. The lowest BCUT2D eigenvalue weighted by Crippen LogP contribution is -2.08. The lowest BCUT2D eigenvalue weighted by atomic mass is 10.1. The molecule has 0 aliphatic rings. The van der Waals surface area contributed by atoms with Crippen LogP contribution in [0.1, 0.15) is 17.4 Å². The first-order chi connectivity index (χ1) is 9.52. The number of alkyl halides is 2. The highest BCUT2D eigenvalue weighted by Crippen LogP contribution is 2.30. The van der Waals surface area contributed by atoms with Crippen molar-refractivity contribution in [3.05, 3.63) is 41.7 Å². The Morgan fingerprint density at radius 3 is 2.45 bits per heavy atom. The summed E-state index contributed by atoms with van der Waals surface area (Å²) in [7, 11) is 3.15. The first-order valence-corrected chi connectivity index (χ1v) is 5.81. The van der Waals surface area contributed by atoms with E-state index in [0.29, 0.717) is 17.0 Å². The molecular weight excluding hydrogens is 270 g/mol. The van der Waals surface area contributed by atoms with E-state index in [1.807, 2.05) is 0 Å². The molecule has 0 saturated heterocycles. The van der Waals surface area contributed by atoms with Crippen LogP contribution in [0.4, 0.5) is 8.78 Å². The third-order valence-corrected chi connectivity index (χ3v) is 2.85. The molecule has 0 amide bonds. The number of aliphatic hydroxyl groups excluding tert-OH is 1. The third-order valence-electron chi connectivity index (χ3n) is 2.85. The molecule has 0 bridgehead atoms. The Morgan fingerprint density at radius 2 is 1.90 bits per heavy atom. The van der Waals surface area contributed by atoms with E-state index < -0.39 is 12.7 Å². The number of aryl methyl sites for hydroxylation is 1. The fourth-order valence-corrected chi connectivity index (χ4v) is 1.89. The van der Waals surface area contributed by atoms with Gasteiger partial charge in [0, 0.05) is 7.05 Å². The van der Waals surface area contributed by atoms with Crippen LogP contribution >= 0.6 is 0 Å². The summed E-state index contributed by atoms with van der Waals surface area (Å²) < 4.78 is 35.0. The number of hydrogen-bond donors (Lipinski definition) is 1. The molecule has 0 fully saturated rings. The van der Waals surface area contributed by atoms with Gasteiger partial charge in [-0.25, -0.2) is 0 Å². The summed E-state index contributed by atoms with van der Waals surface area (Å²) in [5, 5.41) is 14.3. The van der Waals surface area contributed by atoms with E-state index >= 15 is 0 Å². The number of benzene rings is 1. The fourth-order valence-electron chi connectivity index (χ4n) is 1.89. The van der Waals surface area contributed by atoms with Crippen molar-refractivity contribution in [3.8, 4) is 11.5 Å². The van der Waals surface area contributed by atoms with Gasteiger partial charge in [-0.2, -0.15) is 13.9 Å². The summed E-state index contributed by atoms with van der Waals surface area (Å²) in [6.45, 7) is -2.87. The van der Waals surface area contributed by atoms with Crippen LogP contribution < -0.4 is 9.47 Å². The Kier molecular flexibility index (Phi) is 4.19. The predicted octanol–water partition coefficient (Wildman–Crippen LogP) is 2.11. The van der Waals surface area contributed by atoms with Crippen LogP contribution in [0, 0.1) is 0 Å². The number of methoxy groups -OCH3 is 1. The van der Waals surface area contributed by atoms with Crippen molar-refractivity contribution >= 4 is 0 Å². The van der Waals surface area contributed by atoms with E-state index in [2.05, 4.69) is 9.84 Å². The van der Waals surface area contributed by atoms with Crippen LogP contribution in [0.25, 0.3) is 0 Å². The summed E-state index contributed by atoms with van der Waals surface area (Å²) in [6.07, 6.45) is 0.519. The molecule has 1 atom stereocenters. The molecule has 2 aromatic rings. The van der Waals surface area contributed by atoms with E-state index in [9.17, 15) is 13.9 Å². The molecule has 108 valence electrons. The predicted molar refractivity (Wildman–Crippen MR) is 66.9 cm³/mol. The summed E-state index contributed by atoms with van der Waals surface area (Å²) in [5.74, 6) is 0.487. The van der Waals surface area contributed by atoms with E-state index in [0.717, 1.165) is 0 Å². The number of aliphatic hydroxyl groups is 1. The number of hydrogen-bond acceptors (Lipinski definition) is 4. The second-order valence-electron chi connectivity index (χ2n) is 4.07. The maximum absolute atomic E-state index is 12.1. The van der Waals surface area contributed by atoms with Crippen LogP contribution in [-0.4, -0.2) is 28.6 Å². The van der Waals surface area contributed by atoms with E-state index in [1.165, 1.54) is 42.3 Å². The van der Waals surface area contributed by atoms with Crippen LogP contribution in [0.3, 0.4) is 0 Å². The zero-order valence-corrected chi connectivity index (χ0v) is 11.0. The van der Waals surface area contributed by atoms with Gasteiger partial charge in [-0.3, -0.25) is 4.68 Å². The molecule has 0 aliphatic carbocycles. The van der Waals surface area contributed by atoms with Crippen molar-refractivity contribution in [2.75, 3.05) is 7.11 Å². The summed E-state index contributed by atoms with van der Waals surface area (Å²) in [4.78, 5) is 0. The maximum atomic E-state index is 12.1. The fraction of sp³-hybridized carbons (Fsp3) is 0.308. The van der Waals surface area contributed by atoms with Gasteiger partial charge >= 0.3 is 6.61 Å². The molecule has 20 heavy (non-hydrogen) atoms. The average molecular weight is 284 g/mol. The molecular formula is C13H14F2N2O3. The molecule has 1 aromatic heterocycles. The zero-order valence-electron chi connectivity index (χ0n) is 11.0. The molecule has 7 heteroatoms. The van der Waals surface area contributed by atoms with Crippen molar-refractivity contribution in [1.82, 2.24) is 9.78 Å². The Hall–Kier alpha value is -2.15. The Balaban J connectivity index is 2.24. The van der Waals surface area contributed by atoms with E-state index in [-0.39, 0.29) is 5.75 Å². The van der Waals surface area contributed by atoms with Crippen LogP contribution in [0.5, 0.6) is 11.5 Å². The SMILES string of the molecule is COc1cnn(C)c1C(O)c1ccc(OC(F)F)cc1. The number of aromatic nitrogens is 2. The molecule has 5 nitrogen and oxygen atoms in total. The van der Waals surface area contributed by atoms with Crippen molar-refractivity contribution in [3.63, 3.8) is 0 Å². The minimum absolute atomic E-state index is 0.0351. The van der Waals surface area contributed by atoms with E-state index in [1.54, 1.807) is 7.05 Å². The summed E-state index contributed by atoms with van der Waals surface area (Å²) in [5.41, 5.74) is 1.00. The van der Waals surface area contributed by atoms with Crippen molar-refractivity contribution in [2.45, 2.75) is 12.7 Å². The summed E-state index contributed by atoms with van der Waals surface area (Å²) in [6, 6.07) is 5.75. The monoisotopic (exact) mass is 284 g/mol. The summed E-state index contributed by atoms with van der Waals surface area (Å²) >= 11 is 0. The second-order valence-corrected chi connectivity index (χ2v) is 4.07. The molecule has 1 unspecified atom stereocenters. The van der Waals surface area contributed by atoms with Gasteiger partial charge in [-0.05, 0) is 17.7 Å². The highest BCUT2D eigenvalue weighted by molar-refractivity contribution is 5.37. The maximum Gasteiger partial charge on any atom is 0.387 e. The minimum atomic E-state index is -2.87. The lowest BCUT2D eigenvalue weighted by Gasteiger charge is -2.14. The van der Waals surface area contributed by atoms with Crippen molar-refractivity contribution in [1.29, 1.82) is 0 Å². The van der Waals surface area contributed by atoms with Crippen LogP contribution in [0.2, 0.25) is 0 Å². The molecule has 1 N–H and O–H groups in total. The molecule has 0 spiro atoms. The quantitative estimate of drug-likeness (QED) is 0.913. The smallest absolute Gasteiger partial charge is 0.387 e. The van der Waals surface area contributed by atoms with Gasteiger partial charge in [-0.1, -0.05) is 12.1 Å². The van der Waals surface area contributed by atoms with Gasteiger partial charge in [0.25, 0.3) is 0 Å². The number of nitrogens with zero attached hydrogens (tertiary/aromatic N) is 2. The molecule has 0 aliphatic heterocycles. The third kappa shape index (κ3) is 2.88. The van der Waals surface area contributed by atoms with Crippen LogP contribution in [-0.2, 0) is 7.05 Å². The van der Waals surface area contributed by atoms with Crippen molar-refractivity contribution in [2.24, 2.45) is 7.05 Å². The van der Waals surface area contributed by atoms with E-state index in [4.69, 9.17) is 4.74 Å². The largest absolute Gasteiger partial charge is 0.493 e. The van der Waals surface area contributed by atoms with Gasteiger partial charge in [0.15, 0.2) is 5.75 Å². The number of rotatable bonds is 5. The van der Waals surface area contributed by atoms with Crippen LogP contribution in [0.15, 0.2) is 30.5 Å². The van der Waals surface area contributed by atoms with Gasteiger partial charge in [0.2, 0.25) is 0 Å². The zero-order chi connectivity index (χ0) is 14.7. The first kappa shape index (κ1) is 14.3. The molecule has 1 heterocycles. The molecule has 0 radical (unpaired) electrons. The average Bonchev–Trinajstić information content (AvgIpc) is 2.79. The molecule has 1 aromatic carbocycles. The standard InChI is InChI=1S/C13H14F2N2O3/c1-17-11(10(19-2)7-16-17)12(18)8-3-5-9(6-4-8)20-13(14)15/h3-7,12-13,18H,1-2H3. The molecule has 2 rings (SSSR count). The minimum Gasteiger partial charge on any atom is -0.493 e. The lowest BCUT2D eigenvalue weighted by molar-refractivity contribution is -0.0498.